The summed E-state index contributed by atoms with van der Waals surface area (Å²) in [5, 5.41) is 9.71. The molecule has 17 heavy (non-hydrogen) atoms. The quantitative estimate of drug-likeness (QED) is 0.900. The van der Waals surface area contributed by atoms with Crippen LogP contribution in [0.3, 0.4) is 0 Å². The second kappa shape index (κ2) is 4.37. The summed E-state index contributed by atoms with van der Waals surface area (Å²) in [5.74, 6) is -0.785. The van der Waals surface area contributed by atoms with Gasteiger partial charge in [-0.3, -0.25) is 4.79 Å². The lowest BCUT2D eigenvalue weighted by Gasteiger charge is -2.20. The summed E-state index contributed by atoms with van der Waals surface area (Å²) in [6.45, 7) is 3.85. The van der Waals surface area contributed by atoms with Crippen molar-refractivity contribution in [2.75, 3.05) is 0 Å². The van der Waals surface area contributed by atoms with Gasteiger partial charge in [0.15, 0.2) is 10.5 Å². The molecule has 0 fully saturated rings. The van der Waals surface area contributed by atoms with Gasteiger partial charge in [0, 0.05) is 18.8 Å². The highest BCUT2D eigenvalue weighted by Gasteiger charge is 2.24. The zero-order valence-corrected chi connectivity index (χ0v) is 10.5. The van der Waals surface area contributed by atoms with Crippen LogP contribution in [0.25, 0.3) is 10.5 Å². The van der Waals surface area contributed by atoms with E-state index in [2.05, 4.69) is 15.0 Å². The summed E-state index contributed by atoms with van der Waals surface area (Å²) >= 11 is 1.47. The van der Waals surface area contributed by atoms with E-state index in [9.17, 15) is 4.79 Å². The van der Waals surface area contributed by atoms with Gasteiger partial charge in [-0.05, 0) is 5.41 Å². The molecule has 1 N–H and O–H groups in total. The van der Waals surface area contributed by atoms with E-state index < -0.39 is 5.97 Å². The SMILES string of the molecule is CC(C)(CC(=O)O)Cc1nc2nccnc2s1. The summed E-state index contributed by atoms with van der Waals surface area (Å²) in [4.78, 5) is 24.2. The Balaban J connectivity index is 2.20. The van der Waals surface area contributed by atoms with Gasteiger partial charge in [0.1, 0.15) is 0 Å². The molecule has 5 nitrogen and oxygen atoms in total. The minimum atomic E-state index is -0.785. The number of carboxylic acid groups (broad SMARTS) is 1. The highest BCUT2D eigenvalue weighted by atomic mass is 32.1. The number of carbonyl (C=O) groups is 1. The molecular formula is C11H13N3O2S. The lowest BCUT2D eigenvalue weighted by atomic mass is 9.86. The average molecular weight is 251 g/mol. The molecule has 2 rings (SSSR count). The second-order valence-corrected chi connectivity index (χ2v) is 5.77. The first-order valence-electron chi connectivity index (χ1n) is 5.24. The van der Waals surface area contributed by atoms with Crippen molar-refractivity contribution >= 4 is 27.8 Å². The maximum absolute atomic E-state index is 10.7. The molecule has 0 radical (unpaired) electrons. The third-order valence-electron chi connectivity index (χ3n) is 2.35. The van der Waals surface area contributed by atoms with E-state index in [1.807, 2.05) is 13.8 Å². The van der Waals surface area contributed by atoms with Crippen LogP contribution in [0, 0.1) is 5.41 Å². The molecule has 2 aromatic rings. The van der Waals surface area contributed by atoms with E-state index in [1.165, 1.54) is 11.3 Å². The molecule has 0 saturated carbocycles. The van der Waals surface area contributed by atoms with Crippen molar-refractivity contribution in [3.8, 4) is 0 Å². The van der Waals surface area contributed by atoms with Crippen LogP contribution in [-0.2, 0) is 11.2 Å². The van der Waals surface area contributed by atoms with Crippen LogP contribution < -0.4 is 0 Å². The number of hydrogen-bond acceptors (Lipinski definition) is 5. The molecule has 0 aliphatic carbocycles. The average Bonchev–Trinajstić information content (AvgIpc) is 2.55. The fourth-order valence-corrected chi connectivity index (χ4v) is 2.80. The minimum Gasteiger partial charge on any atom is -0.481 e. The summed E-state index contributed by atoms with van der Waals surface area (Å²) in [7, 11) is 0. The molecule has 0 spiro atoms. The van der Waals surface area contributed by atoms with Crippen LogP contribution in [0.15, 0.2) is 12.4 Å². The molecule has 0 aromatic carbocycles. The van der Waals surface area contributed by atoms with Crippen molar-refractivity contribution in [2.24, 2.45) is 5.41 Å². The lowest BCUT2D eigenvalue weighted by molar-refractivity contribution is -0.139. The van der Waals surface area contributed by atoms with Gasteiger partial charge in [-0.1, -0.05) is 25.2 Å². The molecule has 0 amide bonds. The van der Waals surface area contributed by atoms with E-state index >= 15 is 0 Å². The molecule has 0 saturated heterocycles. The largest absolute Gasteiger partial charge is 0.481 e. The summed E-state index contributed by atoms with van der Waals surface area (Å²) in [5.41, 5.74) is 0.332. The molecule has 6 heteroatoms. The van der Waals surface area contributed by atoms with E-state index in [0.29, 0.717) is 12.1 Å². The van der Waals surface area contributed by atoms with Gasteiger partial charge < -0.3 is 5.11 Å². The van der Waals surface area contributed by atoms with Crippen LogP contribution in [0.2, 0.25) is 0 Å². The van der Waals surface area contributed by atoms with Crippen LogP contribution in [0.1, 0.15) is 25.3 Å². The van der Waals surface area contributed by atoms with Crippen molar-refractivity contribution in [1.82, 2.24) is 15.0 Å². The Bertz CT molecular complexity index is 517. The summed E-state index contributed by atoms with van der Waals surface area (Å²) in [6, 6.07) is 0. The highest BCUT2D eigenvalue weighted by molar-refractivity contribution is 7.18. The lowest BCUT2D eigenvalue weighted by Crippen LogP contribution is -2.19. The molecular weight excluding hydrogens is 238 g/mol. The Labute approximate surface area is 103 Å². The molecule has 0 aliphatic rings. The van der Waals surface area contributed by atoms with Gasteiger partial charge in [-0.15, -0.1) is 0 Å². The Morgan fingerprint density at radius 1 is 1.41 bits per heavy atom. The summed E-state index contributed by atoms with van der Waals surface area (Å²) < 4.78 is 0. The molecule has 0 atom stereocenters. The van der Waals surface area contributed by atoms with Crippen LogP contribution >= 0.6 is 11.3 Å². The van der Waals surface area contributed by atoms with Crippen molar-refractivity contribution in [2.45, 2.75) is 26.7 Å². The van der Waals surface area contributed by atoms with E-state index in [0.717, 1.165) is 9.84 Å². The van der Waals surface area contributed by atoms with Crippen LogP contribution in [0.4, 0.5) is 0 Å². The predicted octanol–water partition coefficient (Wildman–Crippen LogP) is 2.13. The number of rotatable bonds is 4. The smallest absolute Gasteiger partial charge is 0.303 e. The van der Waals surface area contributed by atoms with Crippen molar-refractivity contribution in [3.05, 3.63) is 17.4 Å². The van der Waals surface area contributed by atoms with Crippen molar-refractivity contribution < 1.29 is 9.90 Å². The van der Waals surface area contributed by atoms with Crippen LogP contribution in [0.5, 0.6) is 0 Å². The first-order chi connectivity index (χ1) is 7.96. The predicted molar refractivity (Wildman–Crippen MR) is 64.9 cm³/mol. The van der Waals surface area contributed by atoms with Gasteiger partial charge in [-0.2, -0.15) is 0 Å². The van der Waals surface area contributed by atoms with Crippen LogP contribution in [-0.4, -0.2) is 26.0 Å². The van der Waals surface area contributed by atoms with Gasteiger partial charge in [-0.25, -0.2) is 15.0 Å². The van der Waals surface area contributed by atoms with E-state index in [4.69, 9.17) is 5.11 Å². The zero-order valence-electron chi connectivity index (χ0n) is 9.67. The van der Waals surface area contributed by atoms with Gasteiger partial charge in [0.2, 0.25) is 0 Å². The molecule has 2 heterocycles. The second-order valence-electron chi connectivity index (χ2n) is 4.70. The third kappa shape index (κ3) is 2.97. The van der Waals surface area contributed by atoms with Gasteiger partial charge in [0.25, 0.3) is 0 Å². The first kappa shape index (κ1) is 11.9. The number of hydrogen-bond donors (Lipinski definition) is 1. The first-order valence-corrected chi connectivity index (χ1v) is 6.06. The topological polar surface area (TPSA) is 76.0 Å². The normalized spacial score (nSPS) is 11.9. The number of aromatic nitrogens is 3. The standard InChI is InChI=1S/C11H13N3O2S/c1-11(2,6-8(15)16)5-7-14-9-10(17-7)13-4-3-12-9/h3-4H,5-6H2,1-2H3,(H,15,16). The minimum absolute atomic E-state index is 0.129. The Kier molecular flexibility index (Phi) is 3.06. The Morgan fingerprint density at radius 2 is 2.12 bits per heavy atom. The molecule has 2 aromatic heterocycles. The van der Waals surface area contributed by atoms with Crippen molar-refractivity contribution in [3.63, 3.8) is 0 Å². The van der Waals surface area contributed by atoms with E-state index in [1.54, 1.807) is 12.4 Å². The molecule has 0 bridgehead atoms. The monoisotopic (exact) mass is 251 g/mol. The molecule has 0 unspecified atom stereocenters. The molecule has 0 aliphatic heterocycles. The van der Waals surface area contributed by atoms with Gasteiger partial charge >= 0.3 is 5.97 Å². The maximum Gasteiger partial charge on any atom is 0.303 e. The third-order valence-corrected chi connectivity index (χ3v) is 3.30. The highest BCUT2D eigenvalue weighted by Crippen LogP contribution is 2.29. The van der Waals surface area contributed by atoms with Gasteiger partial charge in [0.05, 0.1) is 11.4 Å². The Morgan fingerprint density at radius 3 is 2.76 bits per heavy atom. The van der Waals surface area contributed by atoms with E-state index in [-0.39, 0.29) is 11.8 Å². The molecule has 90 valence electrons. The number of thiazole rings is 1. The number of carboxylic acids is 1. The number of fused-ring (bicyclic) bond motifs is 1. The van der Waals surface area contributed by atoms with Crippen molar-refractivity contribution in [1.29, 1.82) is 0 Å². The summed E-state index contributed by atoms with van der Waals surface area (Å²) in [6.07, 6.45) is 3.99. The fraction of sp³-hybridized carbons (Fsp3) is 0.455. The maximum atomic E-state index is 10.7. The number of nitrogens with zero attached hydrogens (tertiary/aromatic N) is 3. The Hall–Kier alpha value is -1.56. The fourth-order valence-electron chi connectivity index (χ4n) is 1.68. The number of aliphatic carboxylic acids is 1. The zero-order chi connectivity index (χ0) is 12.5.